The van der Waals surface area contributed by atoms with Gasteiger partial charge >= 0.3 is 12.0 Å². The van der Waals surface area contributed by atoms with Crippen molar-refractivity contribution in [3.05, 3.63) is 59.2 Å². The highest BCUT2D eigenvalue weighted by molar-refractivity contribution is 6.08. The first-order chi connectivity index (χ1) is 16.5. The topological polar surface area (TPSA) is 175 Å². The van der Waals surface area contributed by atoms with Gasteiger partial charge in [0.1, 0.15) is 11.4 Å². The van der Waals surface area contributed by atoms with E-state index >= 15 is 0 Å². The number of urea groups is 1. The number of amides is 4. The molecule has 2 heterocycles. The van der Waals surface area contributed by atoms with Crippen LogP contribution < -0.4 is 20.5 Å². The Morgan fingerprint density at radius 2 is 1.86 bits per heavy atom. The molecule has 182 valence electrons. The largest absolute Gasteiger partial charge is 0.481 e. The van der Waals surface area contributed by atoms with Gasteiger partial charge in [0.05, 0.1) is 12.5 Å². The van der Waals surface area contributed by atoms with Crippen LogP contribution in [0.15, 0.2) is 42.5 Å². The molecule has 1 fully saturated rings. The zero-order valence-electron chi connectivity index (χ0n) is 18.9. The molecule has 2 aromatic carbocycles. The van der Waals surface area contributed by atoms with E-state index in [0.29, 0.717) is 33.2 Å². The van der Waals surface area contributed by atoms with E-state index in [1.54, 1.807) is 24.3 Å². The van der Waals surface area contributed by atoms with Crippen LogP contribution in [0.1, 0.15) is 43.0 Å². The van der Waals surface area contributed by atoms with E-state index in [0.717, 1.165) is 11.9 Å². The number of amidine groups is 1. The second-order valence-electron chi connectivity index (χ2n) is 8.25. The summed E-state index contributed by atoms with van der Waals surface area (Å²) in [5.74, 6) is -2.08. The van der Waals surface area contributed by atoms with Crippen LogP contribution in [0.3, 0.4) is 0 Å². The number of nitrogens with zero attached hydrogens (tertiary/aromatic N) is 2. The van der Waals surface area contributed by atoms with Crippen molar-refractivity contribution in [3.63, 3.8) is 0 Å². The van der Waals surface area contributed by atoms with Crippen LogP contribution >= 0.6 is 0 Å². The summed E-state index contributed by atoms with van der Waals surface area (Å²) in [6.07, 6.45) is -0.583. The molecular formula is C23H23N5O7. The molecule has 12 nitrogen and oxygen atoms in total. The van der Waals surface area contributed by atoms with Crippen molar-refractivity contribution in [1.82, 2.24) is 15.3 Å². The number of carbonyl (C=O) groups is 4. The summed E-state index contributed by atoms with van der Waals surface area (Å²) in [4.78, 5) is 51.2. The number of benzene rings is 2. The fraction of sp³-hybridized carbons (Fsp3) is 0.261. The van der Waals surface area contributed by atoms with Gasteiger partial charge < -0.3 is 25.6 Å². The number of nitrogens with one attached hydrogen (secondary N) is 2. The lowest BCUT2D eigenvalue weighted by Crippen LogP contribution is -2.52. The van der Waals surface area contributed by atoms with E-state index in [4.69, 9.17) is 20.6 Å². The average molecular weight is 481 g/mol. The minimum Gasteiger partial charge on any atom is -0.481 e. The lowest BCUT2D eigenvalue weighted by molar-refractivity contribution is -0.162. The molecule has 2 atom stereocenters. The molecule has 2 aromatic rings. The van der Waals surface area contributed by atoms with Gasteiger partial charge in [-0.1, -0.05) is 30.3 Å². The number of carboxylic acids is 1. The van der Waals surface area contributed by atoms with Crippen LogP contribution in [0.4, 0.5) is 4.79 Å². The zero-order chi connectivity index (χ0) is 25.5. The Morgan fingerprint density at radius 1 is 1.20 bits per heavy atom. The van der Waals surface area contributed by atoms with Crippen molar-refractivity contribution in [1.29, 1.82) is 5.41 Å². The molecule has 4 amide bonds. The van der Waals surface area contributed by atoms with Crippen LogP contribution in [0.5, 0.6) is 11.5 Å². The number of fused-ring (bicyclic) bond motifs is 1. The van der Waals surface area contributed by atoms with E-state index in [2.05, 4.69) is 5.32 Å². The van der Waals surface area contributed by atoms with Gasteiger partial charge in [0, 0.05) is 12.5 Å². The summed E-state index contributed by atoms with van der Waals surface area (Å²) in [6, 6.07) is 8.71. The SMILES string of the molecule is CC(=O)N(C(CC(=O)O)c1ccc2c(c1)OCO2)N1C(=O)NC(C)(c2ccc(C(=N)N)cc2)C1=O. The van der Waals surface area contributed by atoms with Crippen molar-refractivity contribution in [2.45, 2.75) is 31.8 Å². The molecule has 2 aliphatic heterocycles. The third-order valence-corrected chi connectivity index (χ3v) is 5.93. The number of carboxylic acid groups (broad SMARTS) is 1. The van der Waals surface area contributed by atoms with Gasteiger partial charge in [-0.3, -0.25) is 19.8 Å². The molecule has 0 saturated carbocycles. The first kappa shape index (κ1) is 23.5. The lowest BCUT2D eigenvalue weighted by Gasteiger charge is -2.35. The average Bonchev–Trinajstić information content (AvgIpc) is 3.36. The molecule has 0 bridgehead atoms. The minimum absolute atomic E-state index is 0.00734. The number of hydrogen-bond acceptors (Lipinski definition) is 7. The van der Waals surface area contributed by atoms with Gasteiger partial charge in [-0.25, -0.2) is 9.80 Å². The maximum Gasteiger partial charge on any atom is 0.344 e. The van der Waals surface area contributed by atoms with Gasteiger partial charge in [-0.05, 0) is 30.2 Å². The smallest absolute Gasteiger partial charge is 0.344 e. The molecule has 2 aliphatic rings. The predicted octanol–water partition coefficient (Wildman–Crippen LogP) is 1.45. The summed E-state index contributed by atoms with van der Waals surface area (Å²) >= 11 is 0. The highest BCUT2D eigenvalue weighted by atomic mass is 16.7. The molecule has 0 spiro atoms. The van der Waals surface area contributed by atoms with Gasteiger partial charge in [-0.2, -0.15) is 5.01 Å². The van der Waals surface area contributed by atoms with Crippen LogP contribution in [-0.2, 0) is 19.9 Å². The maximum absolute atomic E-state index is 13.6. The fourth-order valence-corrected chi connectivity index (χ4v) is 4.13. The Hall–Kier alpha value is -4.61. The van der Waals surface area contributed by atoms with Crippen LogP contribution in [0.2, 0.25) is 0 Å². The number of hydrogen-bond donors (Lipinski definition) is 4. The van der Waals surface area contributed by atoms with Crippen LogP contribution in [-0.4, -0.2) is 51.6 Å². The molecular weight excluding hydrogens is 458 g/mol. The number of nitrogens with two attached hydrogens (primary N) is 1. The second kappa shape index (κ2) is 8.63. The Labute approximate surface area is 199 Å². The Kier molecular flexibility index (Phi) is 5.81. The van der Waals surface area contributed by atoms with Gasteiger partial charge in [0.25, 0.3) is 5.91 Å². The Bertz CT molecular complexity index is 1250. The molecule has 5 N–H and O–H groups in total. The molecule has 2 unspecified atom stereocenters. The predicted molar refractivity (Wildman–Crippen MR) is 120 cm³/mol. The zero-order valence-corrected chi connectivity index (χ0v) is 18.9. The summed E-state index contributed by atoms with van der Waals surface area (Å²) < 4.78 is 10.6. The third kappa shape index (κ3) is 4.09. The number of imide groups is 1. The van der Waals surface area contributed by atoms with Crippen LogP contribution in [0.25, 0.3) is 0 Å². The molecule has 1 saturated heterocycles. The molecule has 35 heavy (non-hydrogen) atoms. The van der Waals surface area contributed by atoms with E-state index in [1.807, 2.05) is 0 Å². The highest BCUT2D eigenvalue weighted by Crippen LogP contribution is 2.39. The fourth-order valence-electron chi connectivity index (χ4n) is 4.13. The van der Waals surface area contributed by atoms with E-state index in [9.17, 15) is 24.3 Å². The summed E-state index contributed by atoms with van der Waals surface area (Å²) in [6.45, 7) is 2.60. The van der Waals surface area contributed by atoms with Crippen molar-refractivity contribution in [2.24, 2.45) is 5.73 Å². The molecule has 4 rings (SSSR count). The lowest BCUT2D eigenvalue weighted by atomic mass is 9.91. The summed E-state index contributed by atoms with van der Waals surface area (Å²) in [5, 5.41) is 21.2. The van der Waals surface area contributed by atoms with E-state index in [1.165, 1.54) is 25.1 Å². The van der Waals surface area contributed by atoms with Crippen molar-refractivity contribution in [2.75, 3.05) is 6.79 Å². The van der Waals surface area contributed by atoms with E-state index < -0.39 is 41.8 Å². The number of rotatable bonds is 7. The molecule has 0 aliphatic carbocycles. The summed E-state index contributed by atoms with van der Waals surface area (Å²) in [5.41, 5.74) is 5.10. The van der Waals surface area contributed by atoms with Crippen molar-refractivity contribution in [3.8, 4) is 11.5 Å². The number of ether oxygens (including phenoxy) is 2. The van der Waals surface area contributed by atoms with Gasteiger partial charge in [-0.15, -0.1) is 0 Å². The summed E-state index contributed by atoms with van der Waals surface area (Å²) in [7, 11) is 0. The Balaban J connectivity index is 1.74. The minimum atomic E-state index is -1.55. The number of hydrazine groups is 1. The number of carbonyl (C=O) groups excluding carboxylic acids is 3. The van der Waals surface area contributed by atoms with E-state index in [-0.39, 0.29) is 12.6 Å². The normalized spacial score (nSPS) is 19.3. The highest BCUT2D eigenvalue weighted by Gasteiger charge is 2.53. The third-order valence-electron chi connectivity index (χ3n) is 5.93. The van der Waals surface area contributed by atoms with Crippen molar-refractivity contribution >= 4 is 29.7 Å². The monoisotopic (exact) mass is 481 g/mol. The quantitative estimate of drug-likeness (QED) is 0.261. The molecule has 0 aromatic heterocycles. The number of aliphatic carboxylic acids is 1. The van der Waals surface area contributed by atoms with Crippen LogP contribution in [0, 0.1) is 5.41 Å². The van der Waals surface area contributed by atoms with Gasteiger partial charge in [0.15, 0.2) is 11.5 Å². The maximum atomic E-state index is 13.6. The molecule has 0 radical (unpaired) electrons. The molecule has 12 heteroatoms. The van der Waals surface area contributed by atoms with Crippen molar-refractivity contribution < 1.29 is 33.8 Å². The first-order valence-corrected chi connectivity index (χ1v) is 10.6. The van der Waals surface area contributed by atoms with Gasteiger partial charge in [0.2, 0.25) is 12.7 Å². The standard InChI is InChI=1S/C23H23N5O7/c1-12(29)27(16(10-19(30)31)14-5-8-17-18(9-14)35-11-34-17)28-21(32)23(2,26-22(28)33)15-6-3-13(4-7-15)20(24)25/h3-9,16H,10-11H2,1-2H3,(H3,24,25)(H,26,33)(H,30,31). The second-order valence-corrected chi connectivity index (χ2v) is 8.25. The first-order valence-electron chi connectivity index (χ1n) is 10.6. The number of nitrogen functional groups attached to an aromatic ring is 1. The Morgan fingerprint density at radius 3 is 2.46 bits per heavy atom.